The molecule has 0 bridgehead atoms. The van der Waals surface area contributed by atoms with E-state index in [4.69, 9.17) is 10.5 Å². The van der Waals surface area contributed by atoms with Crippen molar-refractivity contribution < 1.29 is 4.74 Å². The van der Waals surface area contributed by atoms with Crippen molar-refractivity contribution >= 4 is 11.4 Å². The molecule has 0 amide bonds. The topological polar surface area (TPSA) is 47.3 Å². The maximum absolute atomic E-state index is 5.81. The van der Waals surface area contributed by atoms with E-state index in [1.54, 1.807) is 7.11 Å². The summed E-state index contributed by atoms with van der Waals surface area (Å²) in [6.07, 6.45) is 0. The van der Waals surface area contributed by atoms with Crippen LogP contribution in [0.15, 0.2) is 18.2 Å². The minimum Gasteiger partial charge on any atom is -0.497 e. The highest BCUT2D eigenvalue weighted by molar-refractivity contribution is 5.59. The Hall–Kier alpha value is -1.38. The van der Waals surface area contributed by atoms with Gasteiger partial charge in [0, 0.05) is 30.1 Å². The lowest BCUT2D eigenvalue weighted by atomic mass is 9.81. The lowest BCUT2D eigenvalue weighted by Crippen LogP contribution is -2.28. The van der Waals surface area contributed by atoms with Crippen molar-refractivity contribution in [2.24, 2.45) is 11.3 Å². The Labute approximate surface area is 104 Å². The smallest absolute Gasteiger partial charge is 0.122 e. The van der Waals surface area contributed by atoms with Crippen molar-refractivity contribution in [3.8, 4) is 5.75 Å². The Morgan fingerprint density at radius 2 is 1.94 bits per heavy atom. The van der Waals surface area contributed by atoms with Crippen LogP contribution in [0.3, 0.4) is 0 Å². The van der Waals surface area contributed by atoms with Crippen molar-refractivity contribution in [1.29, 1.82) is 0 Å². The predicted octanol–water partition coefficient (Wildman–Crippen LogP) is 3.37. The molecule has 3 heteroatoms. The fourth-order valence-electron chi connectivity index (χ4n) is 1.38. The molecular weight excluding hydrogens is 212 g/mol. The molecule has 0 atom stereocenters. The molecule has 0 aromatic heterocycles. The van der Waals surface area contributed by atoms with Gasteiger partial charge in [0.1, 0.15) is 5.75 Å². The summed E-state index contributed by atoms with van der Waals surface area (Å²) in [5, 5.41) is 3.42. The van der Waals surface area contributed by atoms with Gasteiger partial charge in [0.25, 0.3) is 0 Å². The van der Waals surface area contributed by atoms with Gasteiger partial charge in [-0.15, -0.1) is 0 Å². The van der Waals surface area contributed by atoms with E-state index < -0.39 is 0 Å². The van der Waals surface area contributed by atoms with Crippen LogP contribution in [0, 0.1) is 11.3 Å². The van der Waals surface area contributed by atoms with Gasteiger partial charge in [-0.2, -0.15) is 0 Å². The molecule has 0 fully saturated rings. The molecule has 3 nitrogen and oxygen atoms in total. The number of anilines is 2. The van der Waals surface area contributed by atoms with Gasteiger partial charge in [-0.1, -0.05) is 27.7 Å². The van der Waals surface area contributed by atoms with E-state index in [-0.39, 0.29) is 5.41 Å². The predicted molar refractivity (Wildman–Crippen MR) is 74.5 cm³/mol. The molecule has 0 aliphatic rings. The fourth-order valence-corrected chi connectivity index (χ4v) is 1.38. The Morgan fingerprint density at radius 1 is 1.29 bits per heavy atom. The highest BCUT2D eigenvalue weighted by Gasteiger charge is 2.21. The molecule has 0 saturated heterocycles. The van der Waals surface area contributed by atoms with Gasteiger partial charge in [-0.3, -0.25) is 0 Å². The Kier molecular flexibility index (Phi) is 4.27. The van der Waals surface area contributed by atoms with Crippen molar-refractivity contribution in [3.05, 3.63) is 18.2 Å². The van der Waals surface area contributed by atoms with Crippen LogP contribution < -0.4 is 15.8 Å². The number of ether oxygens (including phenoxy) is 1. The maximum Gasteiger partial charge on any atom is 0.122 e. The molecule has 96 valence electrons. The summed E-state index contributed by atoms with van der Waals surface area (Å²) in [7, 11) is 1.65. The zero-order valence-corrected chi connectivity index (χ0v) is 11.5. The second-order valence-corrected chi connectivity index (χ2v) is 5.49. The average molecular weight is 236 g/mol. The first-order valence-electron chi connectivity index (χ1n) is 6.03. The minimum absolute atomic E-state index is 0.248. The standard InChI is InChI=1S/C14H24N2O/c1-10(2)14(3,4)9-16-12-6-11(15)7-13(8-12)17-5/h6-8,10,16H,9,15H2,1-5H3. The number of nitrogens with two attached hydrogens (primary N) is 1. The Balaban J connectivity index is 2.72. The SMILES string of the molecule is COc1cc(N)cc(NCC(C)(C)C(C)C)c1. The van der Waals surface area contributed by atoms with Crippen molar-refractivity contribution in [3.63, 3.8) is 0 Å². The molecule has 0 radical (unpaired) electrons. The highest BCUT2D eigenvalue weighted by atomic mass is 16.5. The molecule has 0 aliphatic carbocycles. The third-order valence-corrected chi connectivity index (χ3v) is 3.48. The minimum atomic E-state index is 0.248. The normalized spacial score (nSPS) is 11.6. The summed E-state index contributed by atoms with van der Waals surface area (Å²) in [5.74, 6) is 1.41. The average Bonchev–Trinajstić information content (AvgIpc) is 2.25. The van der Waals surface area contributed by atoms with Crippen LogP contribution >= 0.6 is 0 Å². The molecule has 3 N–H and O–H groups in total. The number of hydrogen-bond acceptors (Lipinski definition) is 3. The second kappa shape index (κ2) is 5.30. The van der Waals surface area contributed by atoms with E-state index in [1.165, 1.54) is 0 Å². The van der Waals surface area contributed by atoms with E-state index in [2.05, 4.69) is 33.0 Å². The summed E-state index contributed by atoms with van der Waals surface area (Å²) in [5.41, 5.74) is 7.79. The van der Waals surface area contributed by atoms with Gasteiger partial charge in [0.2, 0.25) is 0 Å². The summed E-state index contributed by atoms with van der Waals surface area (Å²) in [6, 6.07) is 5.71. The quantitative estimate of drug-likeness (QED) is 0.770. The highest BCUT2D eigenvalue weighted by Crippen LogP contribution is 2.28. The number of hydrogen-bond donors (Lipinski definition) is 2. The first kappa shape index (κ1) is 13.7. The van der Waals surface area contributed by atoms with Crippen molar-refractivity contribution in [2.45, 2.75) is 27.7 Å². The lowest BCUT2D eigenvalue weighted by molar-refractivity contribution is 0.269. The van der Waals surface area contributed by atoms with Crippen LogP contribution in [-0.2, 0) is 0 Å². The van der Waals surface area contributed by atoms with Gasteiger partial charge in [-0.25, -0.2) is 0 Å². The zero-order valence-electron chi connectivity index (χ0n) is 11.5. The second-order valence-electron chi connectivity index (χ2n) is 5.49. The Bertz CT molecular complexity index is 372. The lowest BCUT2D eigenvalue weighted by Gasteiger charge is -2.30. The van der Waals surface area contributed by atoms with Gasteiger partial charge in [0.05, 0.1) is 7.11 Å². The zero-order chi connectivity index (χ0) is 13.1. The first-order chi connectivity index (χ1) is 7.85. The van der Waals surface area contributed by atoms with Crippen LogP contribution in [0.5, 0.6) is 5.75 Å². The summed E-state index contributed by atoms with van der Waals surface area (Å²) in [4.78, 5) is 0. The largest absolute Gasteiger partial charge is 0.497 e. The summed E-state index contributed by atoms with van der Waals surface area (Å²) in [6.45, 7) is 9.91. The summed E-state index contributed by atoms with van der Waals surface area (Å²) < 4.78 is 5.20. The molecule has 0 aliphatic heterocycles. The van der Waals surface area contributed by atoms with Crippen LogP contribution in [0.1, 0.15) is 27.7 Å². The summed E-state index contributed by atoms with van der Waals surface area (Å²) >= 11 is 0. The van der Waals surface area contributed by atoms with Crippen molar-refractivity contribution in [1.82, 2.24) is 0 Å². The van der Waals surface area contributed by atoms with E-state index >= 15 is 0 Å². The van der Waals surface area contributed by atoms with E-state index in [0.29, 0.717) is 11.6 Å². The van der Waals surface area contributed by atoms with Crippen LogP contribution in [0.25, 0.3) is 0 Å². The number of benzene rings is 1. The number of nitrogens with one attached hydrogen (secondary N) is 1. The van der Waals surface area contributed by atoms with E-state index in [1.807, 2.05) is 18.2 Å². The molecule has 1 aromatic carbocycles. The van der Waals surface area contributed by atoms with Gasteiger partial charge >= 0.3 is 0 Å². The number of nitrogen functional groups attached to an aromatic ring is 1. The first-order valence-corrected chi connectivity index (χ1v) is 6.03. The van der Waals surface area contributed by atoms with Crippen LogP contribution in [-0.4, -0.2) is 13.7 Å². The molecule has 0 spiro atoms. The molecule has 1 aromatic rings. The van der Waals surface area contributed by atoms with Gasteiger partial charge in [-0.05, 0) is 17.4 Å². The van der Waals surface area contributed by atoms with Crippen LogP contribution in [0.2, 0.25) is 0 Å². The third-order valence-electron chi connectivity index (χ3n) is 3.48. The molecule has 0 saturated carbocycles. The van der Waals surface area contributed by atoms with E-state index in [0.717, 1.165) is 18.0 Å². The molecule has 0 heterocycles. The molecular formula is C14H24N2O. The molecule has 1 rings (SSSR count). The number of methoxy groups -OCH3 is 1. The molecule has 17 heavy (non-hydrogen) atoms. The third kappa shape index (κ3) is 3.84. The molecule has 0 unspecified atom stereocenters. The van der Waals surface area contributed by atoms with Gasteiger partial charge in [0.15, 0.2) is 0 Å². The van der Waals surface area contributed by atoms with Gasteiger partial charge < -0.3 is 15.8 Å². The monoisotopic (exact) mass is 236 g/mol. The fraction of sp³-hybridized carbons (Fsp3) is 0.571. The number of rotatable bonds is 5. The maximum atomic E-state index is 5.81. The Morgan fingerprint density at radius 3 is 2.47 bits per heavy atom. The van der Waals surface area contributed by atoms with Crippen LogP contribution in [0.4, 0.5) is 11.4 Å². The van der Waals surface area contributed by atoms with Crippen molar-refractivity contribution in [2.75, 3.05) is 24.7 Å². The van der Waals surface area contributed by atoms with E-state index in [9.17, 15) is 0 Å².